The highest BCUT2D eigenvalue weighted by atomic mass is 79.9. The SMILES string of the molecule is CC(=O)c1cc(Br)cc2c(C3CCSC(c4ccccc4)C3)cn(C(=O)OC(C)(C)C)c12. The number of thioether (sulfide) groups is 1. The van der Waals surface area contributed by atoms with Crippen molar-refractivity contribution in [3.8, 4) is 0 Å². The minimum Gasteiger partial charge on any atom is -0.443 e. The van der Waals surface area contributed by atoms with E-state index in [0.717, 1.165) is 34.0 Å². The molecule has 0 aliphatic carbocycles. The summed E-state index contributed by atoms with van der Waals surface area (Å²) in [5, 5.41) is 1.36. The molecule has 1 aromatic heterocycles. The molecular weight excluding hydrogens is 486 g/mol. The van der Waals surface area contributed by atoms with E-state index in [4.69, 9.17) is 4.74 Å². The van der Waals surface area contributed by atoms with Gasteiger partial charge in [0, 0.05) is 26.9 Å². The number of rotatable bonds is 3. The van der Waals surface area contributed by atoms with Crippen molar-refractivity contribution < 1.29 is 14.3 Å². The van der Waals surface area contributed by atoms with Crippen LogP contribution < -0.4 is 0 Å². The molecule has 0 bridgehead atoms. The van der Waals surface area contributed by atoms with Gasteiger partial charge in [0.25, 0.3) is 0 Å². The number of halogens is 1. The van der Waals surface area contributed by atoms with Gasteiger partial charge in [-0.15, -0.1) is 0 Å². The molecule has 4 nitrogen and oxygen atoms in total. The summed E-state index contributed by atoms with van der Waals surface area (Å²) in [5.41, 5.74) is 2.98. The number of ether oxygens (including phenoxy) is 1. The van der Waals surface area contributed by atoms with Crippen LogP contribution in [0.5, 0.6) is 0 Å². The third kappa shape index (κ3) is 4.81. The molecule has 0 spiro atoms. The van der Waals surface area contributed by atoms with Gasteiger partial charge in [0.2, 0.25) is 0 Å². The van der Waals surface area contributed by atoms with Crippen molar-refractivity contribution in [2.75, 3.05) is 5.75 Å². The van der Waals surface area contributed by atoms with Crippen molar-refractivity contribution in [2.45, 2.75) is 57.3 Å². The smallest absolute Gasteiger partial charge is 0.419 e. The Morgan fingerprint density at radius 3 is 2.53 bits per heavy atom. The monoisotopic (exact) mass is 513 g/mol. The maximum atomic E-state index is 13.1. The first-order valence-corrected chi connectivity index (χ1v) is 12.7. The number of carbonyl (C=O) groups is 2. The van der Waals surface area contributed by atoms with Crippen molar-refractivity contribution >= 4 is 50.5 Å². The van der Waals surface area contributed by atoms with Gasteiger partial charge >= 0.3 is 6.09 Å². The summed E-state index contributed by atoms with van der Waals surface area (Å²) in [6.07, 6.45) is 3.47. The highest BCUT2D eigenvalue weighted by molar-refractivity contribution is 9.10. The van der Waals surface area contributed by atoms with Crippen LogP contribution in [0, 0.1) is 0 Å². The second kappa shape index (κ2) is 9.06. The lowest BCUT2D eigenvalue weighted by Crippen LogP contribution is -2.27. The Hall–Kier alpha value is -2.05. The first kappa shape index (κ1) is 23.1. The molecule has 32 heavy (non-hydrogen) atoms. The Morgan fingerprint density at radius 2 is 1.88 bits per heavy atom. The summed E-state index contributed by atoms with van der Waals surface area (Å²) in [7, 11) is 0. The van der Waals surface area contributed by atoms with Crippen LogP contribution in [0.2, 0.25) is 0 Å². The molecule has 2 aromatic carbocycles. The summed E-state index contributed by atoms with van der Waals surface area (Å²) in [6, 6.07) is 14.4. The van der Waals surface area contributed by atoms with Crippen LogP contribution >= 0.6 is 27.7 Å². The van der Waals surface area contributed by atoms with E-state index in [-0.39, 0.29) is 5.78 Å². The molecule has 3 aromatic rings. The molecular formula is C26H28BrNO3S. The van der Waals surface area contributed by atoms with Crippen LogP contribution in [0.15, 0.2) is 53.1 Å². The molecule has 2 atom stereocenters. The van der Waals surface area contributed by atoms with E-state index in [9.17, 15) is 9.59 Å². The lowest BCUT2D eigenvalue weighted by molar-refractivity contribution is 0.0544. The largest absolute Gasteiger partial charge is 0.443 e. The fourth-order valence-corrected chi connectivity index (χ4v) is 6.26. The Balaban J connectivity index is 1.82. The summed E-state index contributed by atoms with van der Waals surface area (Å²) < 4.78 is 8.06. The van der Waals surface area contributed by atoms with Crippen molar-refractivity contribution in [3.05, 3.63) is 69.8 Å². The zero-order valence-corrected chi connectivity index (χ0v) is 21.3. The number of hydrogen-bond acceptors (Lipinski definition) is 4. The van der Waals surface area contributed by atoms with E-state index in [1.165, 1.54) is 12.5 Å². The molecule has 0 N–H and O–H groups in total. The van der Waals surface area contributed by atoms with Crippen molar-refractivity contribution in [2.24, 2.45) is 0 Å². The average Bonchev–Trinajstić information content (AvgIpc) is 3.12. The van der Waals surface area contributed by atoms with Crippen molar-refractivity contribution in [1.82, 2.24) is 4.57 Å². The fraction of sp³-hybridized carbons (Fsp3) is 0.385. The predicted molar refractivity (Wildman–Crippen MR) is 135 cm³/mol. The molecule has 168 valence electrons. The molecule has 1 saturated heterocycles. The normalized spacial score (nSPS) is 19.2. The minimum atomic E-state index is -0.626. The number of ketones is 1. The zero-order chi connectivity index (χ0) is 23.0. The van der Waals surface area contributed by atoms with Crippen LogP contribution in [0.1, 0.15) is 73.2 Å². The van der Waals surface area contributed by atoms with Crippen molar-refractivity contribution in [1.29, 1.82) is 0 Å². The first-order chi connectivity index (χ1) is 15.1. The van der Waals surface area contributed by atoms with E-state index in [1.54, 1.807) is 10.6 Å². The van der Waals surface area contributed by atoms with Gasteiger partial charge in [0.05, 0.1) is 5.52 Å². The molecule has 0 radical (unpaired) electrons. The molecule has 1 fully saturated rings. The standard InChI is InChI=1S/C26H28BrNO3S/c1-16(29)20-13-19(27)14-21-22(15-28(24(20)21)25(30)31-26(2,3)4)18-10-11-32-23(12-18)17-8-6-5-7-9-17/h5-9,13-15,18,23H,10-12H2,1-4H3. The van der Waals surface area contributed by atoms with Crippen LogP contribution in [-0.4, -0.2) is 27.8 Å². The number of nitrogens with zero attached hydrogens (tertiary/aromatic N) is 1. The van der Waals surface area contributed by atoms with Gasteiger partial charge in [-0.05, 0) is 75.5 Å². The Kier molecular flexibility index (Phi) is 6.55. The Labute approximate surface area is 201 Å². The van der Waals surface area contributed by atoms with Crippen LogP contribution in [0.3, 0.4) is 0 Å². The quantitative estimate of drug-likeness (QED) is 0.336. The van der Waals surface area contributed by atoms with E-state index >= 15 is 0 Å². The van der Waals surface area contributed by atoms with Gasteiger partial charge in [-0.25, -0.2) is 4.79 Å². The van der Waals surface area contributed by atoms with Gasteiger partial charge in [-0.1, -0.05) is 46.3 Å². The number of benzene rings is 2. The number of aromatic nitrogens is 1. The molecule has 0 amide bonds. The lowest BCUT2D eigenvalue weighted by Gasteiger charge is -2.29. The van der Waals surface area contributed by atoms with Crippen molar-refractivity contribution in [3.63, 3.8) is 0 Å². The van der Waals surface area contributed by atoms with E-state index in [2.05, 4.69) is 40.2 Å². The van der Waals surface area contributed by atoms with Crippen LogP contribution in [-0.2, 0) is 4.74 Å². The van der Waals surface area contributed by atoms with Gasteiger partial charge in [-0.3, -0.25) is 9.36 Å². The zero-order valence-electron chi connectivity index (χ0n) is 18.9. The fourth-order valence-electron chi connectivity index (χ4n) is 4.38. The topological polar surface area (TPSA) is 48.3 Å². The number of fused-ring (bicyclic) bond motifs is 1. The second-order valence-corrected chi connectivity index (χ2v) is 11.6. The van der Waals surface area contributed by atoms with E-state index in [0.29, 0.717) is 22.2 Å². The molecule has 6 heteroatoms. The Morgan fingerprint density at radius 1 is 1.16 bits per heavy atom. The molecule has 2 unspecified atom stereocenters. The third-order valence-electron chi connectivity index (χ3n) is 5.76. The number of hydrogen-bond donors (Lipinski definition) is 0. The Bertz CT molecular complexity index is 1160. The number of carbonyl (C=O) groups excluding carboxylic acids is 2. The number of Topliss-reactive ketones (excluding diaryl/α,β-unsaturated/α-hetero) is 1. The van der Waals surface area contributed by atoms with E-state index in [1.807, 2.05) is 50.9 Å². The minimum absolute atomic E-state index is 0.0767. The maximum absolute atomic E-state index is 13.1. The maximum Gasteiger partial charge on any atom is 0.419 e. The molecule has 4 rings (SSSR count). The summed E-state index contributed by atoms with van der Waals surface area (Å²) in [4.78, 5) is 25.6. The molecule has 0 saturated carbocycles. The lowest BCUT2D eigenvalue weighted by atomic mass is 9.88. The van der Waals surface area contributed by atoms with Gasteiger partial charge in [0.15, 0.2) is 5.78 Å². The van der Waals surface area contributed by atoms with Crippen LogP contribution in [0.4, 0.5) is 4.79 Å². The van der Waals surface area contributed by atoms with Crippen LogP contribution in [0.25, 0.3) is 10.9 Å². The highest BCUT2D eigenvalue weighted by Gasteiger charge is 2.30. The first-order valence-electron chi connectivity index (χ1n) is 10.9. The second-order valence-electron chi connectivity index (χ2n) is 9.33. The summed E-state index contributed by atoms with van der Waals surface area (Å²) in [6.45, 7) is 7.09. The van der Waals surface area contributed by atoms with Gasteiger partial charge < -0.3 is 4.74 Å². The van der Waals surface area contributed by atoms with Gasteiger partial charge in [0.1, 0.15) is 5.60 Å². The highest BCUT2D eigenvalue weighted by Crippen LogP contribution is 2.47. The predicted octanol–water partition coefficient (Wildman–Crippen LogP) is 7.74. The molecule has 2 heterocycles. The molecule has 1 aliphatic heterocycles. The third-order valence-corrected chi connectivity index (χ3v) is 7.56. The summed E-state index contributed by atoms with van der Waals surface area (Å²) in [5.74, 6) is 1.27. The molecule has 1 aliphatic rings. The van der Waals surface area contributed by atoms with E-state index < -0.39 is 11.7 Å². The summed E-state index contributed by atoms with van der Waals surface area (Å²) >= 11 is 5.56. The average molecular weight is 514 g/mol. The van der Waals surface area contributed by atoms with Gasteiger partial charge in [-0.2, -0.15) is 11.8 Å².